The van der Waals surface area contributed by atoms with Crippen molar-refractivity contribution in [2.75, 3.05) is 4.90 Å². The van der Waals surface area contributed by atoms with E-state index < -0.39 is 0 Å². The van der Waals surface area contributed by atoms with E-state index in [1.807, 2.05) is 0 Å². The van der Waals surface area contributed by atoms with E-state index >= 15 is 0 Å². The van der Waals surface area contributed by atoms with Gasteiger partial charge in [0, 0.05) is 33.7 Å². The third-order valence-corrected chi connectivity index (χ3v) is 12.1. The summed E-state index contributed by atoms with van der Waals surface area (Å²) in [6.45, 7) is 2.25. The van der Waals surface area contributed by atoms with Crippen molar-refractivity contribution < 1.29 is 4.42 Å². The fourth-order valence-corrected chi connectivity index (χ4v) is 9.22. The summed E-state index contributed by atoms with van der Waals surface area (Å²) in [6.07, 6.45) is 5.52. The summed E-state index contributed by atoms with van der Waals surface area (Å²) in [7, 11) is 0. The van der Waals surface area contributed by atoms with Gasteiger partial charge in [-0.2, -0.15) is 0 Å². The Morgan fingerprint density at radius 1 is 0.441 bits per heavy atom. The Morgan fingerprint density at radius 3 is 1.90 bits per heavy atom. The first-order valence-electron chi connectivity index (χ1n) is 20.6. The lowest BCUT2D eigenvalue weighted by Crippen LogP contribution is -2.12. The van der Waals surface area contributed by atoms with Crippen LogP contribution in [0.1, 0.15) is 30.6 Å². The Kier molecular flexibility index (Phi) is 8.56. The van der Waals surface area contributed by atoms with Gasteiger partial charge in [0.15, 0.2) is 0 Å². The smallest absolute Gasteiger partial charge is 0.134 e. The minimum atomic E-state index is 0.361. The third-order valence-electron chi connectivity index (χ3n) is 12.1. The standard InChI is InChI=1S/C57H41NO/c1-38-15-13-26-52-53-37-42(32-36-56(53)59-57(38)52)47-21-9-11-27-54(47)58(55-28-12-10-23-51(55)49-22-8-7-20-44(49)39-16-3-2-4-17-39)43-33-29-41(30-34-43)46-24-14-25-48-45-19-6-5-18-40(45)31-35-50(46)48/h2-14,16-38H,15H2,1H3. The topological polar surface area (TPSA) is 16.4 Å². The van der Waals surface area contributed by atoms with Crippen LogP contribution >= 0.6 is 0 Å². The molecule has 0 spiro atoms. The normalized spacial score (nSPS) is 13.5. The number of furan rings is 1. The first-order chi connectivity index (χ1) is 29.2. The molecule has 0 saturated heterocycles. The summed E-state index contributed by atoms with van der Waals surface area (Å²) in [6, 6.07) is 72.8. The zero-order valence-electron chi connectivity index (χ0n) is 32.8. The first kappa shape index (κ1) is 34.8. The molecular weight excluding hydrogens is 715 g/mol. The van der Waals surface area contributed by atoms with Crippen molar-refractivity contribution in [3.05, 3.63) is 218 Å². The van der Waals surface area contributed by atoms with Gasteiger partial charge in [0.25, 0.3) is 0 Å². The maximum atomic E-state index is 6.46. The van der Waals surface area contributed by atoms with Gasteiger partial charge >= 0.3 is 0 Å². The van der Waals surface area contributed by atoms with Gasteiger partial charge < -0.3 is 9.32 Å². The van der Waals surface area contributed by atoms with Crippen molar-refractivity contribution in [3.8, 4) is 44.5 Å². The highest BCUT2D eigenvalue weighted by Crippen LogP contribution is 2.48. The molecule has 0 fully saturated rings. The van der Waals surface area contributed by atoms with Crippen LogP contribution in [0.2, 0.25) is 0 Å². The zero-order chi connectivity index (χ0) is 39.3. The van der Waals surface area contributed by atoms with Gasteiger partial charge in [0.2, 0.25) is 0 Å². The van der Waals surface area contributed by atoms with Crippen LogP contribution in [-0.4, -0.2) is 0 Å². The zero-order valence-corrected chi connectivity index (χ0v) is 32.8. The summed E-state index contributed by atoms with van der Waals surface area (Å²) < 4.78 is 6.46. The van der Waals surface area contributed by atoms with Crippen LogP contribution < -0.4 is 4.90 Å². The summed E-state index contributed by atoms with van der Waals surface area (Å²) in [4.78, 5) is 2.45. The van der Waals surface area contributed by atoms with Crippen molar-refractivity contribution in [3.63, 3.8) is 0 Å². The number of rotatable bonds is 7. The molecule has 1 unspecified atom stereocenters. The fourth-order valence-electron chi connectivity index (χ4n) is 9.22. The van der Waals surface area contributed by atoms with E-state index in [9.17, 15) is 0 Å². The van der Waals surface area contributed by atoms with Crippen LogP contribution in [0.3, 0.4) is 0 Å². The van der Waals surface area contributed by atoms with Gasteiger partial charge in [-0.05, 0) is 97.7 Å². The van der Waals surface area contributed by atoms with Gasteiger partial charge in [-0.3, -0.25) is 0 Å². The molecule has 11 rings (SSSR count). The molecule has 0 saturated carbocycles. The van der Waals surface area contributed by atoms with E-state index in [1.54, 1.807) is 0 Å². The van der Waals surface area contributed by atoms with Crippen LogP contribution in [0, 0.1) is 0 Å². The Hall–Kier alpha value is -7.42. The van der Waals surface area contributed by atoms with E-state index in [0.717, 1.165) is 56.9 Å². The molecule has 1 aliphatic rings. The highest BCUT2D eigenvalue weighted by atomic mass is 16.3. The average Bonchev–Trinajstić information content (AvgIpc) is 3.69. The number of benzene rings is 9. The lowest BCUT2D eigenvalue weighted by molar-refractivity contribution is 0.504. The van der Waals surface area contributed by atoms with Gasteiger partial charge in [-0.1, -0.05) is 183 Å². The second-order valence-corrected chi connectivity index (χ2v) is 15.6. The first-order valence-corrected chi connectivity index (χ1v) is 20.6. The molecule has 10 aromatic rings. The summed E-state index contributed by atoms with van der Waals surface area (Å²) in [5, 5.41) is 6.22. The van der Waals surface area contributed by atoms with Crippen molar-refractivity contribution in [1.29, 1.82) is 0 Å². The summed E-state index contributed by atoms with van der Waals surface area (Å²) in [5.41, 5.74) is 14.9. The molecule has 1 atom stereocenters. The maximum absolute atomic E-state index is 6.46. The van der Waals surface area contributed by atoms with Crippen molar-refractivity contribution >= 4 is 55.7 Å². The predicted molar refractivity (Wildman–Crippen MR) is 250 cm³/mol. The van der Waals surface area contributed by atoms with Crippen molar-refractivity contribution in [2.45, 2.75) is 19.3 Å². The molecule has 0 N–H and O–H groups in total. The summed E-state index contributed by atoms with van der Waals surface area (Å²) >= 11 is 0. The highest BCUT2D eigenvalue weighted by molar-refractivity contribution is 6.12. The van der Waals surface area contributed by atoms with E-state index in [0.29, 0.717) is 5.92 Å². The molecule has 9 aromatic carbocycles. The molecule has 0 amide bonds. The molecule has 280 valence electrons. The molecule has 0 aliphatic heterocycles. The van der Waals surface area contributed by atoms with Gasteiger partial charge in [-0.15, -0.1) is 0 Å². The number of para-hydroxylation sites is 2. The number of hydrogen-bond donors (Lipinski definition) is 0. The second kappa shape index (κ2) is 14.5. The highest BCUT2D eigenvalue weighted by Gasteiger charge is 2.24. The Morgan fingerprint density at radius 2 is 1.07 bits per heavy atom. The Labute approximate surface area is 345 Å². The van der Waals surface area contributed by atoms with E-state index in [2.05, 4.69) is 224 Å². The molecule has 1 aromatic heterocycles. The number of hydrogen-bond acceptors (Lipinski definition) is 2. The summed E-state index contributed by atoms with van der Waals surface area (Å²) in [5.74, 6) is 1.44. The average molecular weight is 756 g/mol. The molecule has 1 heterocycles. The monoisotopic (exact) mass is 755 g/mol. The molecule has 2 heteroatoms. The third kappa shape index (κ3) is 6.04. The quantitative estimate of drug-likeness (QED) is 0.151. The number of nitrogens with zero attached hydrogens (tertiary/aromatic N) is 1. The molecular formula is C57H41NO. The Balaban J connectivity index is 1.11. The minimum Gasteiger partial charge on any atom is -0.460 e. The van der Waals surface area contributed by atoms with Gasteiger partial charge in [-0.25, -0.2) is 0 Å². The predicted octanol–water partition coefficient (Wildman–Crippen LogP) is 16.4. The lowest BCUT2D eigenvalue weighted by atomic mass is 9.92. The number of allylic oxidation sites excluding steroid dienone is 1. The molecule has 1 aliphatic carbocycles. The van der Waals surface area contributed by atoms with E-state index in [4.69, 9.17) is 4.42 Å². The molecule has 0 bridgehead atoms. The van der Waals surface area contributed by atoms with Crippen molar-refractivity contribution in [2.24, 2.45) is 0 Å². The molecule has 0 radical (unpaired) electrons. The van der Waals surface area contributed by atoms with Crippen molar-refractivity contribution in [1.82, 2.24) is 0 Å². The van der Waals surface area contributed by atoms with Crippen LogP contribution in [0.15, 0.2) is 211 Å². The van der Waals surface area contributed by atoms with Crippen LogP contribution in [0.5, 0.6) is 0 Å². The van der Waals surface area contributed by atoms with Crippen LogP contribution in [0.25, 0.3) is 83.1 Å². The number of fused-ring (bicyclic) bond motifs is 6. The van der Waals surface area contributed by atoms with Gasteiger partial charge in [0.1, 0.15) is 11.3 Å². The second-order valence-electron chi connectivity index (χ2n) is 15.6. The van der Waals surface area contributed by atoms with Crippen LogP contribution in [-0.2, 0) is 0 Å². The molecule has 2 nitrogen and oxygen atoms in total. The maximum Gasteiger partial charge on any atom is 0.134 e. The fraction of sp³-hybridized carbons (Fsp3) is 0.0526. The largest absolute Gasteiger partial charge is 0.460 e. The van der Waals surface area contributed by atoms with Gasteiger partial charge in [0.05, 0.1) is 11.4 Å². The van der Waals surface area contributed by atoms with Crippen LogP contribution in [0.4, 0.5) is 17.1 Å². The lowest BCUT2D eigenvalue weighted by Gasteiger charge is -2.30. The number of anilines is 3. The SMILES string of the molecule is CC1CC=Cc2c1oc1ccc(-c3ccccc3N(c3ccc(-c4cccc5c4ccc4ccccc45)cc3)c3ccccc3-c3ccccc3-c3ccccc3)cc21. The van der Waals surface area contributed by atoms with E-state index in [1.165, 1.54) is 54.9 Å². The minimum absolute atomic E-state index is 0.361. The van der Waals surface area contributed by atoms with E-state index in [-0.39, 0.29) is 0 Å². The Bertz CT molecular complexity index is 3210. The molecule has 59 heavy (non-hydrogen) atoms.